The molecule has 0 saturated carbocycles. The molecule has 0 aliphatic rings. The number of thiophene rings is 1. The molecule has 34 heavy (non-hydrogen) atoms. The molecule has 5 rings (SSSR count). The van der Waals surface area contributed by atoms with Gasteiger partial charge < -0.3 is 4.18 Å². The van der Waals surface area contributed by atoms with E-state index in [9.17, 15) is 8.42 Å². The highest BCUT2D eigenvalue weighted by Crippen LogP contribution is 2.34. The zero-order chi connectivity index (χ0) is 23.4. The third kappa shape index (κ3) is 4.81. The van der Waals surface area contributed by atoms with Crippen molar-refractivity contribution in [2.75, 3.05) is 0 Å². The lowest BCUT2D eigenvalue weighted by molar-refractivity contribution is 0.492. The van der Waals surface area contributed by atoms with Crippen LogP contribution in [0, 0.1) is 0 Å². The molecule has 0 saturated heterocycles. The maximum Gasteiger partial charge on any atom is 0.339 e. The van der Waals surface area contributed by atoms with Crippen LogP contribution in [-0.4, -0.2) is 8.42 Å². The Morgan fingerprint density at radius 1 is 0.588 bits per heavy atom. The van der Waals surface area contributed by atoms with Crippen LogP contribution in [0.3, 0.4) is 0 Å². The molecular weight excluding hydrogens is 460 g/mol. The highest BCUT2D eigenvalue weighted by molar-refractivity contribution is 7.87. The van der Waals surface area contributed by atoms with Crippen molar-refractivity contribution in [2.24, 2.45) is 0 Å². The van der Waals surface area contributed by atoms with Crippen molar-refractivity contribution in [1.82, 2.24) is 0 Å². The van der Waals surface area contributed by atoms with Crippen LogP contribution in [0.5, 0.6) is 5.06 Å². The van der Waals surface area contributed by atoms with Gasteiger partial charge in [-0.3, -0.25) is 0 Å². The summed E-state index contributed by atoms with van der Waals surface area (Å²) in [6, 6.07) is 38.9. The van der Waals surface area contributed by atoms with Gasteiger partial charge in [0.05, 0.1) is 0 Å². The first-order valence-electron chi connectivity index (χ1n) is 10.9. The van der Waals surface area contributed by atoms with E-state index in [2.05, 4.69) is 24.3 Å². The molecule has 0 aliphatic carbocycles. The second-order valence-corrected chi connectivity index (χ2v) is 10.3. The Kier molecular flexibility index (Phi) is 6.30. The molecule has 5 aromatic rings. The topological polar surface area (TPSA) is 43.4 Å². The molecule has 0 N–H and O–H groups in total. The minimum Gasteiger partial charge on any atom is -0.368 e. The lowest BCUT2D eigenvalue weighted by Crippen LogP contribution is -2.09. The minimum atomic E-state index is -3.94. The molecule has 3 nitrogen and oxygen atoms in total. The average Bonchev–Trinajstić information content (AvgIpc) is 3.34. The molecule has 0 unspecified atom stereocenters. The fourth-order valence-electron chi connectivity index (χ4n) is 3.99. The highest BCUT2D eigenvalue weighted by Gasteiger charge is 2.21. The standard InChI is InChI=1S/C29H22O3S2/c30-34(31,32-28-20-26(21-33-28)22-10-4-1-5-11-22)27-18-16-25(17-19-27)29(23-12-6-2-7-13-23)24-14-8-3-9-15-24/h1-21,29H. The molecule has 168 valence electrons. The Balaban J connectivity index is 1.41. The van der Waals surface area contributed by atoms with Gasteiger partial charge in [-0.25, -0.2) is 0 Å². The van der Waals surface area contributed by atoms with Crippen LogP contribution in [-0.2, 0) is 10.1 Å². The molecule has 4 aromatic carbocycles. The summed E-state index contributed by atoms with van der Waals surface area (Å²) in [6.07, 6.45) is 0. The van der Waals surface area contributed by atoms with E-state index in [1.54, 1.807) is 18.2 Å². The third-order valence-corrected chi connectivity index (χ3v) is 7.80. The van der Waals surface area contributed by atoms with Crippen LogP contribution in [0.2, 0.25) is 0 Å². The smallest absolute Gasteiger partial charge is 0.339 e. The van der Waals surface area contributed by atoms with E-state index in [1.165, 1.54) is 11.3 Å². The van der Waals surface area contributed by atoms with E-state index in [0.717, 1.165) is 27.8 Å². The second kappa shape index (κ2) is 9.67. The maximum absolute atomic E-state index is 13.0. The maximum atomic E-state index is 13.0. The van der Waals surface area contributed by atoms with E-state index in [0.29, 0.717) is 5.06 Å². The van der Waals surface area contributed by atoms with E-state index in [4.69, 9.17) is 4.18 Å². The Morgan fingerprint density at radius 3 is 1.65 bits per heavy atom. The summed E-state index contributed by atoms with van der Waals surface area (Å²) in [7, 11) is -3.94. The molecule has 0 radical (unpaired) electrons. The first-order valence-corrected chi connectivity index (χ1v) is 13.2. The summed E-state index contributed by atoms with van der Waals surface area (Å²) in [4.78, 5) is 0.130. The first-order chi connectivity index (χ1) is 16.6. The van der Waals surface area contributed by atoms with Crippen LogP contribution in [0.1, 0.15) is 22.6 Å². The lowest BCUT2D eigenvalue weighted by Gasteiger charge is -2.19. The van der Waals surface area contributed by atoms with Crippen LogP contribution in [0.4, 0.5) is 0 Å². The Hall–Kier alpha value is -3.67. The van der Waals surface area contributed by atoms with E-state index < -0.39 is 10.1 Å². The molecule has 5 heteroatoms. The van der Waals surface area contributed by atoms with Gasteiger partial charge in [-0.05, 0) is 39.9 Å². The van der Waals surface area contributed by atoms with Gasteiger partial charge in [-0.15, -0.1) is 11.3 Å². The molecule has 1 heterocycles. The van der Waals surface area contributed by atoms with Gasteiger partial charge in [-0.2, -0.15) is 8.42 Å². The van der Waals surface area contributed by atoms with E-state index in [1.807, 2.05) is 84.2 Å². The van der Waals surface area contributed by atoms with Gasteiger partial charge in [0, 0.05) is 17.4 Å². The van der Waals surface area contributed by atoms with Crippen molar-refractivity contribution in [3.63, 3.8) is 0 Å². The molecule has 0 amide bonds. The van der Waals surface area contributed by atoms with Crippen molar-refractivity contribution in [2.45, 2.75) is 10.8 Å². The zero-order valence-electron chi connectivity index (χ0n) is 18.2. The van der Waals surface area contributed by atoms with Crippen molar-refractivity contribution in [1.29, 1.82) is 0 Å². The monoisotopic (exact) mass is 482 g/mol. The van der Waals surface area contributed by atoms with Gasteiger partial charge in [0.1, 0.15) is 4.90 Å². The second-order valence-electron chi connectivity index (χ2n) is 7.88. The molecule has 0 aliphatic heterocycles. The number of hydrogen-bond acceptors (Lipinski definition) is 4. The Labute approximate surface area is 204 Å². The highest BCUT2D eigenvalue weighted by atomic mass is 32.2. The predicted octanol–water partition coefficient (Wildman–Crippen LogP) is 7.36. The van der Waals surface area contributed by atoms with Gasteiger partial charge in [-0.1, -0.05) is 103 Å². The zero-order valence-corrected chi connectivity index (χ0v) is 19.9. The van der Waals surface area contributed by atoms with Crippen LogP contribution < -0.4 is 4.18 Å². The van der Waals surface area contributed by atoms with Crippen molar-refractivity contribution in [3.05, 3.63) is 143 Å². The minimum absolute atomic E-state index is 0.00537. The van der Waals surface area contributed by atoms with Gasteiger partial charge >= 0.3 is 10.1 Å². The molecular formula is C29H22O3S2. The van der Waals surface area contributed by atoms with Gasteiger partial charge in [0.2, 0.25) is 0 Å². The van der Waals surface area contributed by atoms with Crippen molar-refractivity contribution >= 4 is 21.5 Å². The molecule has 0 bridgehead atoms. The van der Waals surface area contributed by atoms with Crippen LogP contribution in [0.25, 0.3) is 11.1 Å². The largest absolute Gasteiger partial charge is 0.368 e. The normalized spacial score (nSPS) is 11.4. The van der Waals surface area contributed by atoms with Gasteiger partial charge in [0.15, 0.2) is 5.06 Å². The third-order valence-electron chi connectivity index (χ3n) is 5.64. The van der Waals surface area contributed by atoms with Crippen LogP contribution in [0.15, 0.2) is 132 Å². The fourth-order valence-corrected chi connectivity index (χ4v) is 5.89. The van der Waals surface area contributed by atoms with Crippen LogP contribution >= 0.6 is 11.3 Å². The molecule has 1 aromatic heterocycles. The molecule has 0 atom stereocenters. The summed E-state index contributed by atoms with van der Waals surface area (Å²) in [5.41, 5.74) is 5.25. The first kappa shape index (κ1) is 22.1. The molecule has 0 fully saturated rings. The number of rotatable bonds is 7. The summed E-state index contributed by atoms with van der Waals surface area (Å²) in [5, 5.41) is 2.24. The summed E-state index contributed by atoms with van der Waals surface area (Å²) >= 11 is 1.27. The van der Waals surface area contributed by atoms with E-state index >= 15 is 0 Å². The van der Waals surface area contributed by atoms with Crippen molar-refractivity contribution < 1.29 is 12.6 Å². The fraction of sp³-hybridized carbons (Fsp3) is 0.0345. The summed E-state index contributed by atoms with van der Waals surface area (Å²) in [5.74, 6) is 0.00537. The number of benzene rings is 4. The molecule has 0 spiro atoms. The predicted molar refractivity (Wildman–Crippen MR) is 138 cm³/mol. The Bertz CT molecular complexity index is 1420. The summed E-state index contributed by atoms with van der Waals surface area (Å²) in [6.45, 7) is 0. The quantitative estimate of drug-likeness (QED) is 0.180. The van der Waals surface area contributed by atoms with Gasteiger partial charge in [0.25, 0.3) is 0 Å². The summed E-state index contributed by atoms with van der Waals surface area (Å²) < 4.78 is 31.4. The SMILES string of the molecule is O=S(=O)(Oc1cc(-c2ccccc2)cs1)c1ccc(C(c2ccccc2)c2ccccc2)cc1. The van der Waals surface area contributed by atoms with Crippen molar-refractivity contribution in [3.8, 4) is 16.2 Å². The Morgan fingerprint density at radius 2 is 1.09 bits per heavy atom. The average molecular weight is 483 g/mol. The lowest BCUT2D eigenvalue weighted by atomic mass is 9.85. The number of hydrogen-bond donors (Lipinski definition) is 0. The van der Waals surface area contributed by atoms with E-state index in [-0.39, 0.29) is 10.8 Å².